The van der Waals surface area contributed by atoms with E-state index in [1.807, 2.05) is 11.4 Å². The zero-order valence-electron chi connectivity index (χ0n) is 19.0. The summed E-state index contributed by atoms with van der Waals surface area (Å²) >= 11 is 0. The van der Waals surface area contributed by atoms with Gasteiger partial charge >= 0.3 is 0 Å². The van der Waals surface area contributed by atoms with Crippen LogP contribution in [0.5, 0.6) is 0 Å². The van der Waals surface area contributed by atoms with E-state index in [0.29, 0.717) is 6.04 Å². The summed E-state index contributed by atoms with van der Waals surface area (Å²) in [5.74, 6) is 1.52. The first kappa shape index (κ1) is 20.8. The van der Waals surface area contributed by atoms with Gasteiger partial charge in [-0.15, -0.1) is 0 Å². The Morgan fingerprint density at radius 3 is 2.30 bits per heavy atom. The summed E-state index contributed by atoms with van der Waals surface area (Å²) < 4.78 is 1.87. The lowest BCUT2D eigenvalue weighted by Gasteiger charge is -2.22. The van der Waals surface area contributed by atoms with E-state index in [9.17, 15) is 0 Å². The normalized spacial score (nSPS) is 15.1. The number of fused-ring (bicyclic) bond motifs is 1. The first-order valence-electron chi connectivity index (χ1n) is 11.2. The van der Waals surface area contributed by atoms with Crippen molar-refractivity contribution in [3.8, 4) is 11.1 Å². The number of hydrogen-bond acceptors (Lipinski definition) is 5. The van der Waals surface area contributed by atoms with E-state index >= 15 is 0 Å². The molecular weight excluding hydrogens is 372 g/mol. The minimum atomic E-state index is 0.666. The van der Waals surface area contributed by atoms with Crippen molar-refractivity contribution in [1.29, 1.82) is 0 Å². The third-order valence-electron chi connectivity index (χ3n) is 6.15. The van der Waals surface area contributed by atoms with Gasteiger partial charge in [-0.25, -0.2) is 4.98 Å². The monoisotopic (exact) mass is 406 g/mol. The third kappa shape index (κ3) is 4.19. The van der Waals surface area contributed by atoms with E-state index in [-0.39, 0.29) is 0 Å². The molecule has 2 heterocycles. The molecule has 1 aromatic carbocycles. The van der Waals surface area contributed by atoms with Crippen LogP contribution in [-0.4, -0.2) is 38.7 Å². The summed E-state index contributed by atoms with van der Waals surface area (Å²) in [4.78, 5) is 9.42. The van der Waals surface area contributed by atoms with Gasteiger partial charge in [0.2, 0.25) is 5.95 Å². The molecule has 0 aliphatic heterocycles. The van der Waals surface area contributed by atoms with Crippen LogP contribution in [0.3, 0.4) is 0 Å². The van der Waals surface area contributed by atoms with Gasteiger partial charge in [0, 0.05) is 19.1 Å². The fraction of sp³-hybridized carbons (Fsp3) is 0.542. The van der Waals surface area contributed by atoms with Crippen molar-refractivity contribution in [2.75, 3.05) is 18.4 Å². The van der Waals surface area contributed by atoms with E-state index < -0.39 is 0 Å². The van der Waals surface area contributed by atoms with E-state index in [1.165, 1.54) is 54.4 Å². The van der Waals surface area contributed by atoms with Crippen LogP contribution in [0.25, 0.3) is 16.8 Å². The van der Waals surface area contributed by atoms with Crippen LogP contribution in [0.15, 0.2) is 12.1 Å². The van der Waals surface area contributed by atoms with Crippen molar-refractivity contribution >= 4 is 11.6 Å². The lowest BCUT2D eigenvalue weighted by Crippen LogP contribution is -2.34. The molecule has 0 saturated heterocycles. The second-order valence-electron chi connectivity index (χ2n) is 8.78. The van der Waals surface area contributed by atoms with Gasteiger partial charge in [0.15, 0.2) is 5.65 Å². The predicted molar refractivity (Wildman–Crippen MR) is 123 cm³/mol. The highest BCUT2D eigenvalue weighted by molar-refractivity contribution is 5.84. The average molecular weight is 407 g/mol. The van der Waals surface area contributed by atoms with Crippen molar-refractivity contribution in [1.82, 2.24) is 24.9 Å². The average Bonchev–Trinajstić information content (AvgIpc) is 3.01. The van der Waals surface area contributed by atoms with Gasteiger partial charge in [-0.1, -0.05) is 37.0 Å². The van der Waals surface area contributed by atoms with Crippen LogP contribution in [0.4, 0.5) is 5.95 Å². The second kappa shape index (κ2) is 8.72. The number of hydrogen-bond donors (Lipinski definition) is 2. The molecule has 1 fully saturated rings. The number of rotatable bonds is 6. The Kier molecular flexibility index (Phi) is 6.04. The molecule has 3 aromatic rings. The second-order valence-corrected chi connectivity index (χ2v) is 8.78. The molecule has 30 heavy (non-hydrogen) atoms. The lowest BCUT2D eigenvalue weighted by molar-refractivity contribution is 0.378. The van der Waals surface area contributed by atoms with E-state index in [2.05, 4.69) is 55.4 Å². The molecule has 0 bridgehead atoms. The van der Waals surface area contributed by atoms with Crippen LogP contribution in [0, 0.1) is 34.6 Å². The smallest absolute Gasteiger partial charge is 0.227 e. The highest BCUT2D eigenvalue weighted by atomic mass is 15.4. The largest absolute Gasteiger partial charge is 0.353 e. The molecular formula is C24H34N6. The molecule has 0 atom stereocenters. The molecule has 2 aromatic heterocycles. The molecule has 2 N–H and O–H groups in total. The van der Waals surface area contributed by atoms with Crippen LogP contribution >= 0.6 is 0 Å². The summed E-state index contributed by atoms with van der Waals surface area (Å²) in [6.45, 7) is 12.2. The molecule has 1 aliphatic rings. The lowest BCUT2D eigenvalue weighted by atomic mass is 9.94. The number of aromatic nitrogens is 4. The molecule has 4 rings (SSSR count). The number of nitrogens with one attached hydrogen (secondary N) is 2. The standard InChI is InChI=1S/C24H34N6/c1-15-13-16(2)21(17(3)14-15)22-18(4)29-30-23(22)27-19(5)28-24(30)26-12-11-25-20-9-7-6-8-10-20/h13-14,20,25H,6-12H2,1-5H3,(H,26,27,28). The molecule has 0 amide bonds. The number of anilines is 1. The summed E-state index contributed by atoms with van der Waals surface area (Å²) in [5.41, 5.74) is 7.99. The fourth-order valence-electron chi connectivity index (χ4n) is 4.88. The van der Waals surface area contributed by atoms with Crippen molar-refractivity contribution in [2.45, 2.75) is 72.8 Å². The molecule has 1 aliphatic carbocycles. The topological polar surface area (TPSA) is 67.1 Å². The Morgan fingerprint density at radius 2 is 1.60 bits per heavy atom. The van der Waals surface area contributed by atoms with E-state index in [1.54, 1.807) is 0 Å². The molecule has 160 valence electrons. The number of nitrogens with zero attached hydrogens (tertiary/aromatic N) is 4. The van der Waals surface area contributed by atoms with Gasteiger partial charge in [-0.3, -0.25) is 0 Å². The first-order valence-corrected chi connectivity index (χ1v) is 11.2. The van der Waals surface area contributed by atoms with Gasteiger partial charge in [-0.2, -0.15) is 14.6 Å². The van der Waals surface area contributed by atoms with Crippen LogP contribution < -0.4 is 10.6 Å². The van der Waals surface area contributed by atoms with Gasteiger partial charge in [-0.05, 0) is 64.2 Å². The van der Waals surface area contributed by atoms with Crippen LogP contribution in [0.1, 0.15) is 60.3 Å². The highest BCUT2D eigenvalue weighted by Crippen LogP contribution is 2.34. The van der Waals surface area contributed by atoms with Crippen molar-refractivity contribution < 1.29 is 0 Å². The minimum absolute atomic E-state index is 0.666. The Morgan fingerprint density at radius 1 is 0.900 bits per heavy atom. The SMILES string of the molecule is Cc1cc(C)c(-c2c(C)nn3c(NCCNC4CCCCC4)nc(C)nc23)c(C)c1. The Balaban J connectivity index is 1.61. The predicted octanol–water partition coefficient (Wildman–Crippen LogP) is 4.67. The van der Waals surface area contributed by atoms with Gasteiger partial charge in [0.1, 0.15) is 5.82 Å². The maximum Gasteiger partial charge on any atom is 0.227 e. The summed E-state index contributed by atoms with van der Waals surface area (Å²) in [5, 5.41) is 12.0. The fourth-order valence-corrected chi connectivity index (χ4v) is 4.88. The van der Waals surface area contributed by atoms with Gasteiger partial charge < -0.3 is 10.6 Å². The molecule has 0 radical (unpaired) electrons. The zero-order valence-corrected chi connectivity index (χ0v) is 19.0. The number of aryl methyl sites for hydroxylation is 5. The Bertz CT molecular complexity index is 1020. The quantitative estimate of drug-likeness (QED) is 0.583. The maximum atomic E-state index is 4.81. The molecule has 1 saturated carbocycles. The summed E-state index contributed by atoms with van der Waals surface area (Å²) in [6.07, 6.45) is 6.69. The van der Waals surface area contributed by atoms with Gasteiger partial charge in [0.25, 0.3) is 0 Å². The van der Waals surface area contributed by atoms with Gasteiger partial charge in [0.05, 0.1) is 11.3 Å². The number of benzene rings is 1. The Hall–Kier alpha value is -2.47. The van der Waals surface area contributed by atoms with Crippen molar-refractivity contribution in [3.63, 3.8) is 0 Å². The summed E-state index contributed by atoms with van der Waals surface area (Å²) in [7, 11) is 0. The van der Waals surface area contributed by atoms with E-state index in [4.69, 9.17) is 10.1 Å². The minimum Gasteiger partial charge on any atom is -0.353 e. The zero-order chi connectivity index (χ0) is 21.3. The molecule has 0 unspecified atom stereocenters. The Labute approximate surface area is 179 Å². The highest BCUT2D eigenvalue weighted by Gasteiger charge is 2.20. The first-order chi connectivity index (χ1) is 14.4. The van der Waals surface area contributed by atoms with E-state index in [0.717, 1.165) is 41.8 Å². The molecule has 0 spiro atoms. The maximum absolute atomic E-state index is 4.81. The summed E-state index contributed by atoms with van der Waals surface area (Å²) in [6, 6.07) is 5.13. The van der Waals surface area contributed by atoms with Crippen molar-refractivity contribution in [2.24, 2.45) is 0 Å². The van der Waals surface area contributed by atoms with Crippen LogP contribution in [0.2, 0.25) is 0 Å². The molecule has 6 nitrogen and oxygen atoms in total. The molecule has 6 heteroatoms. The van der Waals surface area contributed by atoms with Crippen LogP contribution in [-0.2, 0) is 0 Å². The third-order valence-corrected chi connectivity index (χ3v) is 6.15. The van der Waals surface area contributed by atoms with Crippen molar-refractivity contribution in [3.05, 3.63) is 40.3 Å².